The van der Waals surface area contributed by atoms with E-state index in [1.165, 1.54) is 16.7 Å². The lowest BCUT2D eigenvalue weighted by Crippen LogP contribution is -2.22. The summed E-state index contributed by atoms with van der Waals surface area (Å²) in [5, 5.41) is 0. The van der Waals surface area contributed by atoms with Crippen LogP contribution in [0, 0.1) is 0 Å². The maximum Gasteiger partial charge on any atom is 0.119 e. The van der Waals surface area contributed by atoms with Crippen LogP contribution in [0.2, 0.25) is 0 Å². The fourth-order valence-corrected chi connectivity index (χ4v) is 2.72. The first-order valence-corrected chi connectivity index (χ1v) is 8.70. The first-order valence-electron chi connectivity index (χ1n) is 8.70. The van der Waals surface area contributed by atoms with Gasteiger partial charge in [-0.1, -0.05) is 49.4 Å². The van der Waals surface area contributed by atoms with Crippen LogP contribution >= 0.6 is 0 Å². The molecule has 0 bridgehead atoms. The molecule has 3 aromatic rings. The average molecular weight is 332 g/mol. The van der Waals surface area contributed by atoms with Gasteiger partial charge >= 0.3 is 0 Å². The standard InChI is InChI=1S/C22H24N2O/c1-2-24(17-20-12-14-23-15-13-20)16-19-8-10-22(11-9-19)25-18-21-6-4-3-5-7-21/h3-15H,2,16-18H2,1H3. The predicted molar refractivity (Wildman–Crippen MR) is 101 cm³/mol. The minimum Gasteiger partial charge on any atom is -0.489 e. The molecule has 1 heterocycles. The molecule has 1 aromatic heterocycles. The van der Waals surface area contributed by atoms with E-state index in [2.05, 4.69) is 65.3 Å². The number of benzene rings is 2. The molecule has 0 N–H and O–H groups in total. The van der Waals surface area contributed by atoms with Crippen molar-refractivity contribution in [3.05, 3.63) is 95.8 Å². The lowest BCUT2D eigenvalue weighted by molar-refractivity contribution is 0.271. The van der Waals surface area contributed by atoms with E-state index in [4.69, 9.17) is 4.74 Å². The largest absolute Gasteiger partial charge is 0.489 e. The Morgan fingerprint density at radius 1 is 0.760 bits per heavy atom. The summed E-state index contributed by atoms with van der Waals surface area (Å²) >= 11 is 0. The second kappa shape index (κ2) is 9.00. The Balaban J connectivity index is 1.54. The molecule has 128 valence electrons. The first kappa shape index (κ1) is 17.2. The molecule has 0 fully saturated rings. The molecular formula is C22H24N2O. The van der Waals surface area contributed by atoms with E-state index in [1.807, 2.05) is 30.6 Å². The Kier molecular flexibility index (Phi) is 6.18. The summed E-state index contributed by atoms with van der Waals surface area (Å²) in [6.07, 6.45) is 3.70. The third-order valence-electron chi connectivity index (χ3n) is 4.18. The monoisotopic (exact) mass is 332 g/mol. The average Bonchev–Trinajstić information content (AvgIpc) is 2.68. The van der Waals surface area contributed by atoms with Gasteiger partial charge in [-0.15, -0.1) is 0 Å². The van der Waals surface area contributed by atoms with Gasteiger partial charge in [-0.05, 0) is 47.5 Å². The van der Waals surface area contributed by atoms with Gasteiger partial charge in [0.15, 0.2) is 0 Å². The van der Waals surface area contributed by atoms with Gasteiger partial charge in [0, 0.05) is 25.5 Å². The van der Waals surface area contributed by atoms with Crippen molar-refractivity contribution in [1.82, 2.24) is 9.88 Å². The highest BCUT2D eigenvalue weighted by molar-refractivity contribution is 5.28. The molecule has 0 aliphatic carbocycles. The van der Waals surface area contributed by atoms with Crippen LogP contribution < -0.4 is 4.74 Å². The van der Waals surface area contributed by atoms with E-state index in [-0.39, 0.29) is 0 Å². The SMILES string of the molecule is CCN(Cc1ccncc1)Cc1ccc(OCc2ccccc2)cc1. The van der Waals surface area contributed by atoms with Gasteiger partial charge in [0.2, 0.25) is 0 Å². The van der Waals surface area contributed by atoms with Crippen LogP contribution in [0.3, 0.4) is 0 Å². The van der Waals surface area contributed by atoms with Gasteiger partial charge in [-0.2, -0.15) is 0 Å². The van der Waals surface area contributed by atoms with E-state index < -0.39 is 0 Å². The number of hydrogen-bond donors (Lipinski definition) is 0. The number of pyridine rings is 1. The number of hydrogen-bond acceptors (Lipinski definition) is 3. The van der Waals surface area contributed by atoms with Crippen LogP contribution in [0.1, 0.15) is 23.6 Å². The Morgan fingerprint density at radius 2 is 1.40 bits per heavy atom. The minimum absolute atomic E-state index is 0.601. The fourth-order valence-electron chi connectivity index (χ4n) is 2.72. The number of ether oxygens (including phenoxy) is 1. The van der Waals surface area contributed by atoms with E-state index in [1.54, 1.807) is 0 Å². The van der Waals surface area contributed by atoms with E-state index >= 15 is 0 Å². The van der Waals surface area contributed by atoms with E-state index in [0.717, 1.165) is 25.4 Å². The molecule has 3 rings (SSSR count). The first-order chi connectivity index (χ1) is 12.3. The summed E-state index contributed by atoms with van der Waals surface area (Å²) in [5.74, 6) is 0.907. The van der Waals surface area contributed by atoms with Gasteiger partial charge in [0.25, 0.3) is 0 Å². The highest BCUT2D eigenvalue weighted by Gasteiger charge is 2.05. The highest BCUT2D eigenvalue weighted by Crippen LogP contribution is 2.16. The van der Waals surface area contributed by atoms with Crippen molar-refractivity contribution in [3.63, 3.8) is 0 Å². The lowest BCUT2D eigenvalue weighted by Gasteiger charge is -2.20. The van der Waals surface area contributed by atoms with Gasteiger partial charge in [0.1, 0.15) is 12.4 Å². The molecule has 0 saturated carbocycles. The summed E-state index contributed by atoms with van der Waals surface area (Å²) in [6, 6.07) is 22.8. The minimum atomic E-state index is 0.601. The predicted octanol–water partition coefficient (Wildman–Crippen LogP) is 4.68. The second-order valence-corrected chi connectivity index (χ2v) is 6.08. The van der Waals surface area contributed by atoms with Crippen molar-refractivity contribution in [2.45, 2.75) is 26.6 Å². The van der Waals surface area contributed by atoms with E-state index in [0.29, 0.717) is 6.61 Å². The molecule has 0 aliphatic rings. The van der Waals surface area contributed by atoms with Crippen molar-refractivity contribution in [3.8, 4) is 5.75 Å². The summed E-state index contributed by atoms with van der Waals surface area (Å²) in [6.45, 7) is 5.67. The topological polar surface area (TPSA) is 25.4 Å². The summed E-state index contributed by atoms with van der Waals surface area (Å²) in [4.78, 5) is 6.49. The normalized spacial score (nSPS) is 10.8. The van der Waals surface area contributed by atoms with Crippen LogP contribution in [0.4, 0.5) is 0 Å². The summed E-state index contributed by atoms with van der Waals surface area (Å²) in [7, 11) is 0. The smallest absolute Gasteiger partial charge is 0.119 e. The van der Waals surface area contributed by atoms with E-state index in [9.17, 15) is 0 Å². The van der Waals surface area contributed by atoms with Gasteiger partial charge < -0.3 is 4.74 Å². The Morgan fingerprint density at radius 3 is 2.04 bits per heavy atom. The zero-order valence-corrected chi connectivity index (χ0v) is 14.6. The second-order valence-electron chi connectivity index (χ2n) is 6.08. The summed E-state index contributed by atoms with van der Waals surface area (Å²) < 4.78 is 5.85. The Hall–Kier alpha value is -2.65. The molecule has 25 heavy (non-hydrogen) atoms. The van der Waals surface area contributed by atoms with Crippen molar-refractivity contribution in [2.24, 2.45) is 0 Å². The molecule has 0 radical (unpaired) electrons. The highest BCUT2D eigenvalue weighted by atomic mass is 16.5. The lowest BCUT2D eigenvalue weighted by atomic mass is 10.2. The fraction of sp³-hybridized carbons (Fsp3) is 0.227. The molecule has 0 unspecified atom stereocenters. The molecule has 3 nitrogen and oxygen atoms in total. The van der Waals surface area contributed by atoms with Crippen molar-refractivity contribution in [1.29, 1.82) is 0 Å². The summed E-state index contributed by atoms with van der Waals surface area (Å²) in [5.41, 5.74) is 3.77. The molecule has 0 atom stereocenters. The molecular weight excluding hydrogens is 308 g/mol. The maximum absolute atomic E-state index is 5.85. The van der Waals surface area contributed by atoms with Crippen molar-refractivity contribution in [2.75, 3.05) is 6.54 Å². The quantitative estimate of drug-likeness (QED) is 0.599. The van der Waals surface area contributed by atoms with Gasteiger partial charge in [-0.3, -0.25) is 9.88 Å². The molecule has 3 heteroatoms. The third-order valence-corrected chi connectivity index (χ3v) is 4.18. The van der Waals surface area contributed by atoms with Crippen LogP contribution in [-0.4, -0.2) is 16.4 Å². The van der Waals surface area contributed by atoms with Crippen LogP contribution in [0.25, 0.3) is 0 Å². The number of rotatable bonds is 8. The number of aromatic nitrogens is 1. The van der Waals surface area contributed by atoms with Crippen LogP contribution in [0.5, 0.6) is 5.75 Å². The van der Waals surface area contributed by atoms with Gasteiger partial charge in [0.05, 0.1) is 0 Å². The third kappa shape index (κ3) is 5.44. The van der Waals surface area contributed by atoms with Crippen LogP contribution in [-0.2, 0) is 19.7 Å². The Bertz CT molecular complexity index is 742. The zero-order valence-electron chi connectivity index (χ0n) is 14.6. The Labute approximate surface area is 149 Å². The molecule has 2 aromatic carbocycles. The van der Waals surface area contributed by atoms with Gasteiger partial charge in [-0.25, -0.2) is 0 Å². The molecule has 0 saturated heterocycles. The molecule has 0 amide bonds. The van der Waals surface area contributed by atoms with Crippen LogP contribution in [0.15, 0.2) is 79.1 Å². The van der Waals surface area contributed by atoms with Crippen molar-refractivity contribution >= 4 is 0 Å². The molecule has 0 aliphatic heterocycles. The number of nitrogens with zero attached hydrogens (tertiary/aromatic N) is 2. The maximum atomic E-state index is 5.85. The van der Waals surface area contributed by atoms with Crippen molar-refractivity contribution < 1.29 is 4.74 Å². The zero-order chi connectivity index (χ0) is 17.3. The molecule has 0 spiro atoms.